The molecule has 0 spiro atoms. The first kappa shape index (κ1) is 14.1. The van der Waals surface area contributed by atoms with Crippen LogP contribution in [0.3, 0.4) is 0 Å². The molecule has 104 valence electrons. The van der Waals surface area contributed by atoms with E-state index in [-0.39, 0.29) is 17.5 Å². The summed E-state index contributed by atoms with van der Waals surface area (Å²) in [6, 6.07) is 0. The van der Waals surface area contributed by atoms with Crippen molar-refractivity contribution in [3.63, 3.8) is 0 Å². The second-order valence-electron chi connectivity index (χ2n) is 4.86. The first-order chi connectivity index (χ1) is 9.06. The van der Waals surface area contributed by atoms with E-state index >= 15 is 0 Å². The van der Waals surface area contributed by atoms with Crippen molar-refractivity contribution in [1.82, 2.24) is 9.97 Å². The Kier molecular flexibility index (Phi) is 4.63. The number of nitrogens with zero attached hydrogens (tertiary/aromatic N) is 1. The Bertz CT molecular complexity index is 521. The van der Waals surface area contributed by atoms with E-state index < -0.39 is 5.97 Å². The molecule has 2 rings (SSSR count). The lowest BCUT2D eigenvalue weighted by Gasteiger charge is -2.09. The summed E-state index contributed by atoms with van der Waals surface area (Å²) in [6.45, 7) is 1.69. The highest BCUT2D eigenvalue weighted by Gasteiger charge is 2.17. The minimum absolute atomic E-state index is 0.252. The topological polar surface area (TPSA) is 83.0 Å². The smallest absolute Gasteiger partial charge is 0.308 e. The van der Waals surface area contributed by atoms with Gasteiger partial charge in [-0.25, -0.2) is 4.98 Å². The van der Waals surface area contributed by atoms with Crippen molar-refractivity contribution in [2.24, 2.45) is 0 Å². The predicted molar refractivity (Wildman–Crippen MR) is 74.5 cm³/mol. The third-order valence-corrected chi connectivity index (χ3v) is 4.74. The molecule has 1 saturated carbocycles. The molecule has 2 N–H and O–H groups in total. The number of aromatic nitrogens is 2. The van der Waals surface area contributed by atoms with Crippen LogP contribution in [-0.4, -0.2) is 26.3 Å². The first-order valence-electron chi connectivity index (χ1n) is 6.48. The summed E-state index contributed by atoms with van der Waals surface area (Å²) < 4.78 is 0. The predicted octanol–water partition coefficient (Wildman–Crippen LogP) is 1.88. The maximum atomic E-state index is 11.8. The van der Waals surface area contributed by atoms with Crippen LogP contribution < -0.4 is 5.56 Å². The molecule has 0 atom stereocenters. The largest absolute Gasteiger partial charge is 0.481 e. The summed E-state index contributed by atoms with van der Waals surface area (Å²) in [5.74, 6) is 0.325. The number of aliphatic carboxylic acids is 1. The van der Waals surface area contributed by atoms with Crippen molar-refractivity contribution in [2.75, 3.05) is 0 Å². The van der Waals surface area contributed by atoms with Gasteiger partial charge in [-0.15, -0.1) is 0 Å². The van der Waals surface area contributed by atoms with Crippen molar-refractivity contribution in [2.45, 2.75) is 50.0 Å². The monoisotopic (exact) mass is 282 g/mol. The number of aryl methyl sites for hydroxylation is 1. The van der Waals surface area contributed by atoms with Gasteiger partial charge in [-0.1, -0.05) is 12.8 Å². The van der Waals surface area contributed by atoms with Gasteiger partial charge in [-0.2, -0.15) is 11.8 Å². The quantitative estimate of drug-likeness (QED) is 0.861. The second kappa shape index (κ2) is 6.23. The average Bonchev–Trinajstić information content (AvgIpc) is 2.84. The van der Waals surface area contributed by atoms with Gasteiger partial charge in [-0.05, 0) is 19.8 Å². The average molecular weight is 282 g/mol. The van der Waals surface area contributed by atoms with Gasteiger partial charge in [0.25, 0.3) is 5.56 Å². The van der Waals surface area contributed by atoms with Crippen LogP contribution in [0.25, 0.3) is 0 Å². The number of thioether (sulfide) groups is 1. The van der Waals surface area contributed by atoms with Crippen molar-refractivity contribution >= 4 is 17.7 Å². The number of H-pyrrole nitrogens is 1. The van der Waals surface area contributed by atoms with E-state index in [4.69, 9.17) is 5.11 Å². The minimum Gasteiger partial charge on any atom is -0.481 e. The number of aromatic amines is 1. The van der Waals surface area contributed by atoms with Crippen molar-refractivity contribution in [3.05, 3.63) is 27.4 Å². The fraction of sp³-hybridized carbons (Fsp3) is 0.615. The van der Waals surface area contributed by atoms with Crippen LogP contribution in [0.5, 0.6) is 0 Å². The molecule has 0 saturated heterocycles. The van der Waals surface area contributed by atoms with Crippen LogP contribution in [0.1, 0.15) is 42.8 Å². The number of hydrogen-bond donors (Lipinski definition) is 2. The molecule has 0 unspecified atom stereocenters. The van der Waals surface area contributed by atoms with Gasteiger partial charge >= 0.3 is 5.97 Å². The molecule has 19 heavy (non-hydrogen) atoms. The lowest BCUT2D eigenvalue weighted by atomic mass is 10.2. The Morgan fingerprint density at radius 2 is 2.16 bits per heavy atom. The summed E-state index contributed by atoms with van der Waals surface area (Å²) in [5, 5.41) is 9.42. The van der Waals surface area contributed by atoms with E-state index in [9.17, 15) is 9.59 Å². The number of carboxylic acid groups (broad SMARTS) is 1. The van der Waals surface area contributed by atoms with Gasteiger partial charge in [0.2, 0.25) is 0 Å². The summed E-state index contributed by atoms with van der Waals surface area (Å²) in [6.07, 6.45) is 4.79. The zero-order valence-corrected chi connectivity index (χ0v) is 11.8. The highest BCUT2D eigenvalue weighted by Crippen LogP contribution is 2.30. The maximum Gasteiger partial charge on any atom is 0.308 e. The summed E-state index contributed by atoms with van der Waals surface area (Å²) >= 11 is 1.83. The molecule has 0 radical (unpaired) electrons. The summed E-state index contributed by atoms with van der Waals surface area (Å²) in [4.78, 5) is 29.5. The number of carbonyl (C=O) groups is 1. The fourth-order valence-corrected chi connectivity index (χ4v) is 3.55. The lowest BCUT2D eigenvalue weighted by Crippen LogP contribution is -2.21. The Balaban J connectivity index is 2.06. The van der Waals surface area contributed by atoms with E-state index in [2.05, 4.69) is 9.97 Å². The zero-order chi connectivity index (χ0) is 13.8. The van der Waals surface area contributed by atoms with Gasteiger partial charge in [0.1, 0.15) is 5.82 Å². The molecular weight excluding hydrogens is 264 g/mol. The number of rotatable bonds is 5. The third kappa shape index (κ3) is 3.83. The zero-order valence-electron chi connectivity index (χ0n) is 10.9. The maximum absolute atomic E-state index is 11.8. The summed E-state index contributed by atoms with van der Waals surface area (Å²) in [5.41, 5.74) is 0.451. The van der Waals surface area contributed by atoms with Crippen LogP contribution in [0.4, 0.5) is 0 Å². The highest BCUT2D eigenvalue weighted by molar-refractivity contribution is 7.99. The molecule has 0 bridgehead atoms. The van der Waals surface area contributed by atoms with Crippen LogP contribution in [0.2, 0.25) is 0 Å². The van der Waals surface area contributed by atoms with Gasteiger partial charge in [-0.3, -0.25) is 9.59 Å². The van der Waals surface area contributed by atoms with E-state index in [1.807, 2.05) is 11.8 Å². The van der Waals surface area contributed by atoms with Crippen molar-refractivity contribution in [3.8, 4) is 0 Å². The number of hydrogen-bond acceptors (Lipinski definition) is 4. The molecule has 1 fully saturated rings. The summed E-state index contributed by atoms with van der Waals surface area (Å²) in [7, 11) is 0. The second-order valence-corrected chi connectivity index (χ2v) is 6.15. The number of carboxylic acids is 1. The van der Waals surface area contributed by atoms with Gasteiger partial charge < -0.3 is 10.1 Å². The molecule has 5 nitrogen and oxygen atoms in total. The molecule has 1 aromatic heterocycles. The SMILES string of the molecule is Cc1nc(CSC2CCCC2)[nH]c(=O)c1CC(=O)O. The van der Waals surface area contributed by atoms with Crippen molar-refractivity contribution in [1.29, 1.82) is 0 Å². The lowest BCUT2D eigenvalue weighted by molar-refractivity contribution is -0.136. The molecular formula is C13H18N2O3S. The van der Waals surface area contributed by atoms with Gasteiger partial charge in [0, 0.05) is 16.5 Å². The van der Waals surface area contributed by atoms with Gasteiger partial charge in [0.05, 0.1) is 12.2 Å². The third-order valence-electron chi connectivity index (χ3n) is 3.36. The molecule has 1 aliphatic rings. The molecule has 0 aromatic carbocycles. The van der Waals surface area contributed by atoms with E-state index in [1.165, 1.54) is 25.7 Å². The minimum atomic E-state index is -1.01. The molecule has 1 aliphatic carbocycles. The highest BCUT2D eigenvalue weighted by atomic mass is 32.2. The van der Waals surface area contributed by atoms with Gasteiger partial charge in [0.15, 0.2) is 0 Å². The molecule has 1 aromatic rings. The van der Waals surface area contributed by atoms with Crippen LogP contribution >= 0.6 is 11.8 Å². The first-order valence-corrected chi connectivity index (χ1v) is 7.53. The van der Waals surface area contributed by atoms with Crippen LogP contribution in [0, 0.1) is 6.92 Å². The van der Waals surface area contributed by atoms with Crippen LogP contribution in [-0.2, 0) is 17.0 Å². The molecule has 0 aliphatic heterocycles. The Morgan fingerprint density at radius 3 is 2.74 bits per heavy atom. The van der Waals surface area contributed by atoms with Crippen LogP contribution in [0.15, 0.2) is 4.79 Å². The van der Waals surface area contributed by atoms with E-state index in [1.54, 1.807) is 6.92 Å². The Morgan fingerprint density at radius 1 is 1.47 bits per heavy atom. The Hall–Kier alpha value is -1.30. The normalized spacial score (nSPS) is 15.8. The molecule has 6 heteroatoms. The van der Waals surface area contributed by atoms with E-state index in [0.29, 0.717) is 22.5 Å². The number of nitrogens with one attached hydrogen (secondary N) is 1. The molecule has 0 amide bonds. The fourth-order valence-electron chi connectivity index (χ4n) is 2.35. The van der Waals surface area contributed by atoms with E-state index in [0.717, 1.165) is 0 Å². The Labute approximate surface area is 115 Å². The standard InChI is InChI=1S/C13H18N2O3S/c1-8-10(6-12(16)17)13(18)15-11(14-8)7-19-9-4-2-3-5-9/h9H,2-7H2,1H3,(H,16,17)(H,14,15,18). The molecule has 1 heterocycles. The van der Waals surface area contributed by atoms with Crippen molar-refractivity contribution < 1.29 is 9.90 Å².